The van der Waals surface area contributed by atoms with Crippen LogP contribution in [0.25, 0.3) is 0 Å². The van der Waals surface area contributed by atoms with Crippen LogP contribution in [-0.2, 0) is 23.3 Å². The Hall–Kier alpha value is -2.61. The summed E-state index contributed by atoms with van der Waals surface area (Å²) in [4.78, 5) is 16.6. The molecule has 0 fully saturated rings. The lowest BCUT2D eigenvalue weighted by atomic mass is 9.84. The summed E-state index contributed by atoms with van der Waals surface area (Å²) in [5.74, 6) is 0.0260. The number of aryl methyl sites for hydroxylation is 1. The summed E-state index contributed by atoms with van der Waals surface area (Å²) in [5, 5.41) is 11.9. The van der Waals surface area contributed by atoms with Crippen LogP contribution in [0.4, 0.5) is 0 Å². The SMILES string of the molecule is CCC(CC)(NC(=O)CCn1cnc(CC#N)c1)c1ccccc1. The fourth-order valence-corrected chi connectivity index (χ4v) is 2.93. The molecule has 2 rings (SSSR count). The number of hydrogen-bond donors (Lipinski definition) is 1. The first-order valence-corrected chi connectivity index (χ1v) is 8.37. The molecule has 5 nitrogen and oxygen atoms in total. The summed E-state index contributed by atoms with van der Waals surface area (Å²) in [6.45, 7) is 4.75. The van der Waals surface area contributed by atoms with E-state index in [1.807, 2.05) is 29.0 Å². The van der Waals surface area contributed by atoms with Gasteiger partial charge >= 0.3 is 0 Å². The Morgan fingerprint density at radius 2 is 2.00 bits per heavy atom. The zero-order valence-electron chi connectivity index (χ0n) is 14.3. The zero-order chi connectivity index (χ0) is 17.4. The molecule has 0 spiro atoms. The molecule has 0 aliphatic heterocycles. The summed E-state index contributed by atoms with van der Waals surface area (Å²) in [6.07, 6.45) is 5.86. The fourth-order valence-electron chi connectivity index (χ4n) is 2.93. The highest BCUT2D eigenvalue weighted by Gasteiger charge is 2.29. The van der Waals surface area contributed by atoms with Crippen LogP contribution in [0, 0.1) is 11.3 Å². The van der Waals surface area contributed by atoms with Crippen molar-refractivity contribution in [2.45, 2.75) is 51.6 Å². The molecule has 0 aliphatic rings. The van der Waals surface area contributed by atoms with E-state index in [1.165, 1.54) is 0 Å². The van der Waals surface area contributed by atoms with E-state index in [-0.39, 0.29) is 11.4 Å². The van der Waals surface area contributed by atoms with Gasteiger partial charge in [0.1, 0.15) is 0 Å². The molecular weight excluding hydrogens is 300 g/mol. The van der Waals surface area contributed by atoms with E-state index in [0.29, 0.717) is 19.4 Å². The second-order valence-corrected chi connectivity index (χ2v) is 5.89. The van der Waals surface area contributed by atoms with E-state index in [0.717, 1.165) is 24.1 Å². The number of aromatic nitrogens is 2. The quantitative estimate of drug-likeness (QED) is 0.810. The van der Waals surface area contributed by atoms with E-state index in [1.54, 1.807) is 6.33 Å². The monoisotopic (exact) mass is 324 g/mol. The lowest BCUT2D eigenvalue weighted by Crippen LogP contribution is -2.45. The van der Waals surface area contributed by atoms with Gasteiger partial charge in [-0.15, -0.1) is 0 Å². The number of rotatable bonds is 8. The highest BCUT2D eigenvalue weighted by Crippen LogP contribution is 2.28. The Balaban J connectivity index is 1.99. The normalized spacial score (nSPS) is 11.0. The predicted octanol–water partition coefficient (Wildman–Crippen LogP) is 3.17. The predicted molar refractivity (Wildman–Crippen MR) is 93.0 cm³/mol. The third-order valence-electron chi connectivity index (χ3n) is 4.46. The van der Waals surface area contributed by atoms with Gasteiger partial charge < -0.3 is 9.88 Å². The molecule has 126 valence electrons. The molecule has 0 radical (unpaired) electrons. The maximum Gasteiger partial charge on any atom is 0.222 e. The van der Waals surface area contributed by atoms with Gasteiger partial charge in [0.15, 0.2) is 0 Å². The van der Waals surface area contributed by atoms with Crippen LogP contribution in [0.2, 0.25) is 0 Å². The van der Waals surface area contributed by atoms with Crippen molar-refractivity contribution in [3.63, 3.8) is 0 Å². The molecule has 0 bridgehead atoms. The van der Waals surface area contributed by atoms with E-state index < -0.39 is 0 Å². The van der Waals surface area contributed by atoms with Crippen LogP contribution < -0.4 is 5.32 Å². The molecule has 1 amide bonds. The standard InChI is InChI=1S/C19H24N4O/c1-3-19(4-2,16-8-6-5-7-9-16)22-18(24)11-13-23-14-17(10-12-20)21-15-23/h5-9,14-15H,3-4,10-11,13H2,1-2H3,(H,22,24). The van der Waals surface area contributed by atoms with Crippen LogP contribution in [0.1, 0.15) is 44.4 Å². The van der Waals surface area contributed by atoms with Crippen molar-refractivity contribution in [3.8, 4) is 6.07 Å². The van der Waals surface area contributed by atoms with Crippen LogP contribution in [0.5, 0.6) is 0 Å². The molecule has 24 heavy (non-hydrogen) atoms. The van der Waals surface area contributed by atoms with Crippen LogP contribution in [-0.4, -0.2) is 15.5 Å². The lowest BCUT2D eigenvalue weighted by Gasteiger charge is -2.33. The maximum atomic E-state index is 12.5. The van der Waals surface area contributed by atoms with Gasteiger partial charge in [0.2, 0.25) is 5.91 Å². The van der Waals surface area contributed by atoms with Crippen molar-refractivity contribution in [1.29, 1.82) is 5.26 Å². The molecule has 0 aliphatic carbocycles. The topological polar surface area (TPSA) is 70.7 Å². The minimum absolute atomic E-state index is 0.0260. The Labute approximate surface area is 143 Å². The molecule has 1 aromatic carbocycles. The van der Waals surface area contributed by atoms with Gasteiger partial charge in [0.05, 0.1) is 30.1 Å². The van der Waals surface area contributed by atoms with Crippen molar-refractivity contribution >= 4 is 5.91 Å². The molecule has 0 atom stereocenters. The first-order chi connectivity index (χ1) is 11.6. The summed E-state index contributed by atoms with van der Waals surface area (Å²) >= 11 is 0. The van der Waals surface area contributed by atoms with Gasteiger partial charge in [0.25, 0.3) is 0 Å². The Bertz CT molecular complexity index is 696. The third-order valence-corrected chi connectivity index (χ3v) is 4.46. The Morgan fingerprint density at radius 1 is 1.29 bits per heavy atom. The molecule has 1 N–H and O–H groups in total. The molecular formula is C19H24N4O. The Kier molecular flexibility index (Phi) is 6.14. The maximum absolute atomic E-state index is 12.5. The number of hydrogen-bond acceptors (Lipinski definition) is 3. The number of nitrogens with one attached hydrogen (secondary N) is 1. The van der Waals surface area contributed by atoms with Crippen molar-refractivity contribution in [1.82, 2.24) is 14.9 Å². The first kappa shape index (κ1) is 17.7. The minimum atomic E-state index is -0.320. The summed E-state index contributed by atoms with van der Waals surface area (Å²) in [7, 11) is 0. The smallest absolute Gasteiger partial charge is 0.222 e. The number of nitriles is 1. The summed E-state index contributed by atoms with van der Waals surface area (Å²) in [6, 6.07) is 12.2. The average molecular weight is 324 g/mol. The first-order valence-electron chi connectivity index (χ1n) is 8.37. The summed E-state index contributed by atoms with van der Waals surface area (Å²) in [5.41, 5.74) is 1.56. The molecule has 2 aromatic rings. The summed E-state index contributed by atoms with van der Waals surface area (Å²) < 4.78 is 1.86. The Morgan fingerprint density at radius 3 is 2.62 bits per heavy atom. The fraction of sp³-hybridized carbons (Fsp3) is 0.421. The second kappa shape index (κ2) is 8.30. The molecule has 0 saturated heterocycles. The molecule has 0 saturated carbocycles. The van der Waals surface area contributed by atoms with Gasteiger partial charge in [0, 0.05) is 19.2 Å². The van der Waals surface area contributed by atoms with Gasteiger partial charge in [-0.2, -0.15) is 5.26 Å². The van der Waals surface area contributed by atoms with Gasteiger partial charge in [-0.05, 0) is 18.4 Å². The number of carbonyl (C=O) groups excluding carboxylic acids is 1. The highest BCUT2D eigenvalue weighted by atomic mass is 16.1. The van der Waals surface area contributed by atoms with E-state index in [4.69, 9.17) is 5.26 Å². The van der Waals surface area contributed by atoms with Gasteiger partial charge in [-0.25, -0.2) is 4.98 Å². The second-order valence-electron chi connectivity index (χ2n) is 5.89. The van der Waals surface area contributed by atoms with Crippen LogP contribution >= 0.6 is 0 Å². The van der Waals surface area contributed by atoms with Gasteiger partial charge in [-0.3, -0.25) is 4.79 Å². The van der Waals surface area contributed by atoms with Crippen LogP contribution in [0.3, 0.4) is 0 Å². The van der Waals surface area contributed by atoms with E-state index in [9.17, 15) is 4.79 Å². The van der Waals surface area contributed by atoms with Crippen LogP contribution in [0.15, 0.2) is 42.9 Å². The number of carbonyl (C=O) groups is 1. The lowest BCUT2D eigenvalue weighted by molar-refractivity contribution is -0.123. The average Bonchev–Trinajstić information content (AvgIpc) is 3.07. The van der Waals surface area contributed by atoms with Crippen molar-refractivity contribution in [2.24, 2.45) is 0 Å². The zero-order valence-corrected chi connectivity index (χ0v) is 14.3. The molecule has 0 unspecified atom stereocenters. The van der Waals surface area contributed by atoms with Gasteiger partial charge in [-0.1, -0.05) is 44.2 Å². The number of benzene rings is 1. The largest absolute Gasteiger partial charge is 0.347 e. The number of nitrogens with zero attached hydrogens (tertiary/aromatic N) is 3. The van der Waals surface area contributed by atoms with Crippen molar-refractivity contribution < 1.29 is 4.79 Å². The molecule has 5 heteroatoms. The minimum Gasteiger partial charge on any atom is -0.347 e. The van der Waals surface area contributed by atoms with E-state index >= 15 is 0 Å². The van der Waals surface area contributed by atoms with E-state index in [2.05, 4.69) is 42.4 Å². The van der Waals surface area contributed by atoms with Crippen molar-refractivity contribution in [3.05, 3.63) is 54.1 Å². The number of amides is 1. The third kappa shape index (κ3) is 4.23. The molecule has 1 heterocycles. The highest BCUT2D eigenvalue weighted by molar-refractivity contribution is 5.77. The number of imidazole rings is 1. The molecule has 1 aromatic heterocycles. The van der Waals surface area contributed by atoms with Crippen molar-refractivity contribution in [2.75, 3.05) is 0 Å².